The lowest BCUT2D eigenvalue weighted by Gasteiger charge is -2.23. The van der Waals surface area contributed by atoms with E-state index >= 15 is 0 Å². The normalized spacial score (nSPS) is 17.9. The van der Waals surface area contributed by atoms with Crippen LogP contribution in [-0.4, -0.2) is 29.1 Å². The number of nitrogens with zero attached hydrogens (tertiary/aromatic N) is 1. The minimum atomic E-state index is 0.161. The average molecular weight is 357 g/mol. The van der Waals surface area contributed by atoms with Gasteiger partial charge in [-0.25, -0.2) is 0 Å². The van der Waals surface area contributed by atoms with E-state index in [0.717, 1.165) is 41.7 Å². The number of aromatic hydroxyl groups is 1. The van der Waals surface area contributed by atoms with E-state index < -0.39 is 0 Å². The number of benzene rings is 1. The fraction of sp³-hybridized carbons (Fsp3) is 0.450. The molecule has 1 aliphatic carbocycles. The molecule has 1 fully saturated rings. The number of phenols is 1. The van der Waals surface area contributed by atoms with Gasteiger partial charge in [-0.15, -0.1) is 11.3 Å². The van der Waals surface area contributed by atoms with Crippen molar-refractivity contribution in [1.29, 1.82) is 0 Å². The van der Waals surface area contributed by atoms with Crippen LogP contribution < -0.4 is 4.74 Å². The molecule has 0 unspecified atom stereocenters. The lowest BCUT2D eigenvalue weighted by molar-refractivity contribution is -0.136. The van der Waals surface area contributed by atoms with Crippen LogP contribution in [0, 0.1) is 12.8 Å². The van der Waals surface area contributed by atoms with E-state index in [1.165, 1.54) is 4.88 Å². The molecule has 4 rings (SSSR count). The number of rotatable bonds is 2. The van der Waals surface area contributed by atoms with Gasteiger partial charge in [0.2, 0.25) is 5.91 Å². The van der Waals surface area contributed by atoms with Crippen molar-refractivity contribution in [2.45, 2.75) is 39.2 Å². The second-order valence-corrected chi connectivity index (χ2v) is 8.27. The van der Waals surface area contributed by atoms with Gasteiger partial charge >= 0.3 is 0 Å². The number of amides is 1. The number of ether oxygens (including phenoxy) is 1. The summed E-state index contributed by atoms with van der Waals surface area (Å²) in [6.45, 7) is 3.59. The maximum absolute atomic E-state index is 12.8. The summed E-state index contributed by atoms with van der Waals surface area (Å²) in [4.78, 5) is 17.1. The summed E-state index contributed by atoms with van der Waals surface area (Å²) in [6, 6.07) is 7.97. The quantitative estimate of drug-likeness (QED) is 0.870. The largest absolute Gasteiger partial charge is 0.504 e. The predicted molar refractivity (Wildman–Crippen MR) is 99.0 cm³/mol. The van der Waals surface area contributed by atoms with Crippen LogP contribution in [0.25, 0.3) is 10.4 Å². The third-order valence-electron chi connectivity index (χ3n) is 5.16. The molecule has 0 atom stereocenters. The first-order valence-corrected chi connectivity index (χ1v) is 9.78. The number of phenolic OH excluding ortho intramolecular Hbond substituents is 1. The van der Waals surface area contributed by atoms with Crippen LogP contribution >= 0.6 is 11.3 Å². The maximum Gasteiger partial charge on any atom is 0.226 e. The Hall–Kier alpha value is -2.01. The van der Waals surface area contributed by atoms with Crippen LogP contribution in [-0.2, 0) is 11.3 Å². The molecule has 1 N–H and O–H groups in total. The molecule has 2 aromatic rings. The first kappa shape index (κ1) is 16.5. The van der Waals surface area contributed by atoms with E-state index in [1.54, 1.807) is 17.4 Å². The Morgan fingerprint density at radius 3 is 2.80 bits per heavy atom. The van der Waals surface area contributed by atoms with Crippen molar-refractivity contribution in [1.82, 2.24) is 4.90 Å². The molecule has 0 saturated heterocycles. The summed E-state index contributed by atoms with van der Waals surface area (Å²) < 4.78 is 5.78. The van der Waals surface area contributed by atoms with Gasteiger partial charge in [-0.05, 0) is 49.6 Å². The van der Waals surface area contributed by atoms with Crippen molar-refractivity contribution in [3.63, 3.8) is 0 Å². The first-order valence-electron chi connectivity index (χ1n) is 8.96. The zero-order valence-corrected chi connectivity index (χ0v) is 15.3. The zero-order chi connectivity index (χ0) is 17.4. The van der Waals surface area contributed by atoms with Gasteiger partial charge in [0.25, 0.3) is 0 Å². The van der Waals surface area contributed by atoms with Crippen molar-refractivity contribution in [2.24, 2.45) is 5.92 Å². The topological polar surface area (TPSA) is 49.8 Å². The van der Waals surface area contributed by atoms with Crippen LogP contribution in [0.15, 0.2) is 24.3 Å². The molecule has 132 valence electrons. The molecule has 0 spiro atoms. The highest BCUT2D eigenvalue weighted by Crippen LogP contribution is 2.40. The molecular weight excluding hydrogens is 334 g/mol. The number of thiophene rings is 1. The smallest absolute Gasteiger partial charge is 0.226 e. The molecule has 1 aliphatic heterocycles. The van der Waals surface area contributed by atoms with E-state index in [1.807, 2.05) is 4.90 Å². The number of aryl methyl sites for hydroxylation is 1. The van der Waals surface area contributed by atoms with Crippen molar-refractivity contribution < 1.29 is 14.6 Å². The highest BCUT2D eigenvalue weighted by atomic mass is 32.1. The van der Waals surface area contributed by atoms with E-state index in [2.05, 4.69) is 25.1 Å². The highest BCUT2D eigenvalue weighted by molar-refractivity contribution is 7.15. The van der Waals surface area contributed by atoms with E-state index in [0.29, 0.717) is 25.4 Å². The molecule has 2 heterocycles. The minimum absolute atomic E-state index is 0.161. The fourth-order valence-corrected chi connectivity index (χ4v) is 4.70. The number of fused-ring (bicyclic) bond motifs is 1. The van der Waals surface area contributed by atoms with Crippen molar-refractivity contribution in [2.75, 3.05) is 13.2 Å². The van der Waals surface area contributed by atoms with Gasteiger partial charge in [0.1, 0.15) is 6.61 Å². The predicted octanol–water partition coefficient (Wildman–Crippen LogP) is 4.34. The van der Waals surface area contributed by atoms with Gasteiger partial charge in [-0.1, -0.05) is 12.8 Å². The monoisotopic (exact) mass is 357 g/mol. The van der Waals surface area contributed by atoms with E-state index in [9.17, 15) is 9.90 Å². The molecule has 1 aromatic carbocycles. The lowest BCUT2D eigenvalue weighted by atomic mass is 10.0. The first-order chi connectivity index (χ1) is 12.1. The Kier molecular flexibility index (Phi) is 4.42. The second kappa shape index (κ2) is 6.71. The van der Waals surface area contributed by atoms with Gasteiger partial charge < -0.3 is 14.7 Å². The van der Waals surface area contributed by atoms with Crippen LogP contribution in [0.4, 0.5) is 0 Å². The van der Waals surface area contributed by atoms with Gasteiger partial charge in [-0.2, -0.15) is 0 Å². The Morgan fingerprint density at radius 2 is 2.08 bits per heavy atom. The van der Waals surface area contributed by atoms with E-state index in [-0.39, 0.29) is 17.6 Å². The second-order valence-electron chi connectivity index (χ2n) is 6.98. The Bertz CT molecular complexity index is 792. The van der Waals surface area contributed by atoms with Crippen LogP contribution in [0.5, 0.6) is 11.5 Å². The fourth-order valence-electron chi connectivity index (χ4n) is 3.85. The molecule has 1 saturated carbocycles. The molecule has 25 heavy (non-hydrogen) atoms. The van der Waals surface area contributed by atoms with Crippen LogP contribution in [0.2, 0.25) is 0 Å². The minimum Gasteiger partial charge on any atom is -0.504 e. The van der Waals surface area contributed by atoms with Crippen LogP contribution in [0.3, 0.4) is 0 Å². The summed E-state index contributed by atoms with van der Waals surface area (Å²) in [6.07, 6.45) is 4.31. The molecule has 0 bridgehead atoms. The average Bonchev–Trinajstić information content (AvgIpc) is 3.22. The Balaban J connectivity index is 1.65. The molecule has 1 aromatic heterocycles. The highest BCUT2D eigenvalue weighted by Gasteiger charge is 2.29. The van der Waals surface area contributed by atoms with Crippen molar-refractivity contribution in [3.05, 3.63) is 34.7 Å². The molecular formula is C20H23NO3S. The summed E-state index contributed by atoms with van der Waals surface area (Å²) in [5, 5.41) is 10.4. The number of carbonyl (C=O) groups excluding carboxylic acids is 1. The Labute approximate surface area is 152 Å². The van der Waals surface area contributed by atoms with Gasteiger partial charge in [-0.3, -0.25) is 4.79 Å². The third kappa shape index (κ3) is 3.25. The SMILES string of the molecule is Cc1ccc(-c2cc(O)c3c(c2)CN(C(=O)C2CCCC2)CCO3)s1. The van der Waals surface area contributed by atoms with Gasteiger partial charge in [0.15, 0.2) is 11.5 Å². The maximum atomic E-state index is 12.8. The molecule has 0 radical (unpaired) electrons. The van der Waals surface area contributed by atoms with Crippen molar-refractivity contribution in [3.8, 4) is 21.9 Å². The molecule has 2 aliphatic rings. The summed E-state index contributed by atoms with van der Waals surface area (Å²) in [5.41, 5.74) is 1.87. The standard InChI is InChI=1S/C20H23NO3S/c1-13-6-7-18(25-13)15-10-16-12-21(20(23)14-4-2-3-5-14)8-9-24-19(16)17(22)11-15/h6-7,10-11,14,22H,2-5,8-9,12H2,1H3. The zero-order valence-electron chi connectivity index (χ0n) is 14.5. The van der Waals surface area contributed by atoms with Gasteiger partial charge in [0.05, 0.1) is 6.54 Å². The number of hydrogen-bond acceptors (Lipinski definition) is 4. The summed E-state index contributed by atoms with van der Waals surface area (Å²) >= 11 is 1.70. The molecule has 5 heteroatoms. The number of hydrogen-bond donors (Lipinski definition) is 1. The Morgan fingerprint density at radius 1 is 1.28 bits per heavy atom. The molecule has 1 amide bonds. The van der Waals surface area contributed by atoms with Crippen LogP contribution in [0.1, 0.15) is 36.1 Å². The van der Waals surface area contributed by atoms with Crippen molar-refractivity contribution >= 4 is 17.2 Å². The van der Waals surface area contributed by atoms with E-state index in [4.69, 9.17) is 4.74 Å². The summed E-state index contributed by atoms with van der Waals surface area (Å²) in [7, 11) is 0. The molecule has 4 nitrogen and oxygen atoms in total. The van der Waals surface area contributed by atoms with Gasteiger partial charge in [0, 0.05) is 27.8 Å². The summed E-state index contributed by atoms with van der Waals surface area (Å²) in [5.74, 6) is 1.09. The lowest BCUT2D eigenvalue weighted by Crippen LogP contribution is -2.36. The number of carbonyl (C=O) groups is 1. The third-order valence-corrected chi connectivity index (χ3v) is 6.21.